The molecule has 0 bridgehead atoms. The molecule has 28 heavy (non-hydrogen) atoms. The Morgan fingerprint density at radius 1 is 0.964 bits per heavy atom. The van der Waals surface area contributed by atoms with Crippen LogP contribution in [-0.2, 0) is 30.1 Å². The Bertz CT molecular complexity index is 1030. The molecule has 0 aromatic heterocycles. The Morgan fingerprint density at radius 2 is 1.36 bits per heavy atom. The van der Waals surface area contributed by atoms with Crippen molar-refractivity contribution in [2.24, 2.45) is 9.81 Å². The maximum Gasteiger partial charge on any atom is 0.434 e. The highest BCUT2D eigenvalue weighted by Gasteiger charge is 2.80. The summed E-state index contributed by atoms with van der Waals surface area (Å²) in [5, 5.41) is 5.80. The lowest BCUT2D eigenvalue weighted by Gasteiger charge is -2.34. The van der Waals surface area contributed by atoms with E-state index in [2.05, 4.69) is 0 Å². The van der Waals surface area contributed by atoms with Gasteiger partial charge in [0.1, 0.15) is 0 Å². The number of hydrogen-bond donors (Lipinski definition) is 0. The number of sulfonamides is 3. The van der Waals surface area contributed by atoms with E-state index in [1.54, 1.807) is 4.40 Å². The molecule has 19 heteroatoms. The molecule has 0 N–H and O–H groups in total. The van der Waals surface area contributed by atoms with Gasteiger partial charge < -0.3 is 9.23 Å². The summed E-state index contributed by atoms with van der Waals surface area (Å²) in [5.41, 5.74) is -2.46. The Labute approximate surface area is 155 Å². The Kier molecular flexibility index (Phi) is 6.58. The van der Waals surface area contributed by atoms with Crippen LogP contribution < -0.4 is 5.11 Å². The number of hydrogen-bond acceptors (Lipinski definition) is 8. The second-order valence-corrected chi connectivity index (χ2v) is 10.7. The molecule has 0 aromatic carbocycles. The maximum absolute atomic E-state index is 13.7. The van der Waals surface area contributed by atoms with Crippen LogP contribution in [0.3, 0.4) is 0 Å². The number of nitrogens with zero attached hydrogens (tertiary/aromatic N) is 3. The number of nitriles is 1. The topological polar surface area (TPSA) is 176 Å². The van der Waals surface area contributed by atoms with Gasteiger partial charge in [-0.15, -0.1) is 0 Å². The van der Waals surface area contributed by atoms with Gasteiger partial charge in [0.05, 0.1) is 21.5 Å². The Hall–Kier alpha value is -1.65. The summed E-state index contributed by atoms with van der Waals surface area (Å²) in [4.78, 5) is 0. The Morgan fingerprint density at radius 3 is 1.68 bits per heavy atom. The van der Waals surface area contributed by atoms with Crippen LogP contribution in [0.2, 0.25) is 0 Å². The molecule has 0 atom stereocenters. The fraction of sp³-hybridized carbons (Fsp3) is 0.778. The van der Waals surface area contributed by atoms with Gasteiger partial charge >= 0.3 is 26.5 Å². The normalized spacial score (nSPS) is 15.9. The van der Waals surface area contributed by atoms with Gasteiger partial charge in [0.15, 0.2) is 10.0 Å². The van der Waals surface area contributed by atoms with Gasteiger partial charge in [0.25, 0.3) is 0 Å². The first-order valence-electron chi connectivity index (χ1n) is 6.15. The van der Waals surface area contributed by atoms with Crippen molar-refractivity contribution in [2.75, 3.05) is 6.26 Å². The second-order valence-electron chi connectivity index (χ2n) is 5.50. The molecule has 0 unspecified atom stereocenters. The first kappa shape index (κ1) is 26.4. The average molecular weight is 481 g/mol. The first-order valence-corrected chi connectivity index (χ1v) is 10.9. The van der Waals surface area contributed by atoms with Crippen LogP contribution >= 0.6 is 0 Å². The lowest BCUT2D eigenvalue weighted by molar-refractivity contribution is -0.244. The summed E-state index contributed by atoms with van der Waals surface area (Å²) in [7, 11) is -19.8. The predicted molar refractivity (Wildman–Crippen MR) is 77.7 cm³/mol. The van der Waals surface area contributed by atoms with Gasteiger partial charge in [-0.05, 0) is 19.7 Å². The molecular formula is C9H9F6N3O7S3-2. The minimum absolute atomic E-state index is 0.161. The van der Waals surface area contributed by atoms with E-state index in [-0.39, 0.29) is 6.26 Å². The fourth-order valence-electron chi connectivity index (χ4n) is 1.05. The van der Waals surface area contributed by atoms with E-state index in [4.69, 9.17) is 5.26 Å². The minimum Gasteiger partial charge on any atom is -0.860 e. The van der Waals surface area contributed by atoms with Gasteiger partial charge in [-0.3, -0.25) is 0 Å². The zero-order chi connectivity index (χ0) is 23.2. The molecule has 0 radical (unpaired) electrons. The van der Waals surface area contributed by atoms with Crippen LogP contribution in [0, 0.1) is 16.7 Å². The first-order chi connectivity index (χ1) is 11.9. The summed E-state index contributed by atoms with van der Waals surface area (Å²) >= 11 is 0. The van der Waals surface area contributed by atoms with Crippen molar-refractivity contribution in [3.8, 4) is 6.07 Å². The van der Waals surface area contributed by atoms with Crippen LogP contribution in [0.1, 0.15) is 13.8 Å². The van der Waals surface area contributed by atoms with Crippen LogP contribution in [0.4, 0.5) is 26.3 Å². The van der Waals surface area contributed by atoms with Gasteiger partial charge in [-0.1, -0.05) is 0 Å². The summed E-state index contributed by atoms with van der Waals surface area (Å²) < 4.78 is 151. The van der Waals surface area contributed by atoms with Crippen molar-refractivity contribution in [1.29, 1.82) is 5.26 Å². The summed E-state index contributed by atoms with van der Waals surface area (Å²) in [6, 6.07) is 1.07. The molecule has 0 aliphatic rings. The van der Waals surface area contributed by atoms with Gasteiger partial charge in [0, 0.05) is 6.26 Å². The average Bonchev–Trinajstić information content (AvgIpc) is 2.43. The molecule has 10 nitrogen and oxygen atoms in total. The molecule has 164 valence electrons. The predicted octanol–water partition coefficient (Wildman–Crippen LogP) is 0.109. The number of alkyl halides is 6. The third kappa shape index (κ3) is 4.49. The summed E-state index contributed by atoms with van der Waals surface area (Å²) in [6.45, 7) is 1.24. The molecule has 0 heterocycles. The molecule has 0 rings (SSSR count). The quantitative estimate of drug-likeness (QED) is 0.266. The molecule has 0 fully saturated rings. The van der Waals surface area contributed by atoms with E-state index >= 15 is 0 Å². The van der Waals surface area contributed by atoms with Gasteiger partial charge in [-0.2, -0.15) is 44.4 Å². The standard InChI is InChI=1S/C9H10F6N3O7S3/c1-6(2,4-16)5(19)17-27(22,23)8(12,13)7(10,11)9(14,15)28(24,25)18-26(3,20)21/h1-3H3,(H,17,19)/q-1/p-1. The van der Waals surface area contributed by atoms with Crippen LogP contribution in [0.15, 0.2) is 4.40 Å². The smallest absolute Gasteiger partial charge is 0.434 e. The third-order valence-corrected chi connectivity index (χ3v) is 6.71. The van der Waals surface area contributed by atoms with Crippen molar-refractivity contribution >= 4 is 36.0 Å². The number of halogens is 6. The van der Waals surface area contributed by atoms with Crippen molar-refractivity contribution in [1.82, 2.24) is 0 Å². The van der Waals surface area contributed by atoms with Crippen molar-refractivity contribution in [3.05, 3.63) is 4.13 Å². The molecule has 0 amide bonds. The van der Waals surface area contributed by atoms with E-state index in [0.717, 1.165) is 6.07 Å². The maximum atomic E-state index is 13.7. The Balaban J connectivity index is 6.63. The molecule has 0 spiro atoms. The van der Waals surface area contributed by atoms with Crippen LogP contribution in [-0.4, -0.2) is 53.8 Å². The van der Waals surface area contributed by atoms with Crippen LogP contribution in [0.25, 0.3) is 4.13 Å². The zero-order valence-corrected chi connectivity index (χ0v) is 16.1. The van der Waals surface area contributed by atoms with E-state index in [0.29, 0.717) is 13.8 Å². The van der Waals surface area contributed by atoms with E-state index in [1.165, 1.54) is 4.13 Å². The second kappa shape index (κ2) is 7.00. The highest BCUT2D eigenvalue weighted by atomic mass is 32.3. The summed E-state index contributed by atoms with van der Waals surface area (Å²) in [6.07, 6.45) is -0.161. The SMILES string of the molecule is CC(C)(C#N)C([O-])=NS(=O)(=O)C(F)(F)C(F)(F)C(F)(F)S(=O)(=O)[N-]S(C)(=O)=O. The monoisotopic (exact) mass is 481 g/mol. The molecular weight excluding hydrogens is 472 g/mol. The van der Waals surface area contributed by atoms with Gasteiger partial charge in [0.2, 0.25) is 0 Å². The molecule has 0 aliphatic carbocycles. The highest BCUT2D eigenvalue weighted by molar-refractivity contribution is 8.12. The highest BCUT2D eigenvalue weighted by Crippen LogP contribution is 2.52. The molecule has 0 saturated heterocycles. The van der Waals surface area contributed by atoms with Crippen LogP contribution in [0.5, 0.6) is 0 Å². The van der Waals surface area contributed by atoms with E-state index in [1.807, 2.05) is 0 Å². The molecule has 0 aliphatic heterocycles. The zero-order valence-electron chi connectivity index (χ0n) is 13.7. The minimum atomic E-state index is -7.34. The van der Waals surface area contributed by atoms with Crippen molar-refractivity contribution < 1.29 is 56.7 Å². The van der Waals surface area contributed by atoms with Crippen molar-refractivity contribution in [2.45, 2.75) is 30.3 Å². The van der Waals surface area contributed by atoms with E-state index in [9.17, 15) is 56.7 Å². The lowest BCUT2D eigenvalue weighted by atomic mass is 9.96. The largest absolute Gasteiger partial charge is 0.860 e. The number of rotatable bonds is 8. The van der Waals surface area contributed by atoms with E-state index < -0.39 is 57.8 Å². The fourth-order valence-corrected chi connectivity index (χ4v) is 4.38. The van der Waals surface area contributed by atoms with Gasteiger partial charge in [-0.25, -0.2) is 16.8 Å². The summed E-state index contributed by atoms with van der Waals surface area (Å²) in [5.74, 6) is -9.59. The molecule has 0 aromatic rings. The lowest BCUT2D eigenvalue weighted by Crippen LogP contribution is -2.60. The third-order valence-electron chi connectivity index (χ3n) is 2.63. The molecule has 0 saturated carbocycles. The van der Waals surface area contributed by atoms with Crippen molar-refractivity contribution in [3.63, 3.8) is 0 Å².